The van der Waals surface area contributed by atoms with Gasteiger partial charge in [-0.1, -0.05) is 0 Å². The molecule has 2 heterocycles. The van der Waals surface area contributed by atoms with Gasteiger partial charge in [0.05, 0.1) is 17.8 Å². The molecule has 0 amide bonds. The molecule has 0 spiro atoms. The smallest absolute Gasteiger partial charge is 0.438 e. The van der Waals surface area contributed by atoms with Crippen molar-refractivity contribution in [2.24, 2.45) is 23.7 Å². The fourth-order valence-corrected chi connectivity index (χ4v) is 5.60. The third-order valence-electron chi connectivity index (χ3n) is 5.71. The average Bonchev–Trinajstić information content (AvgIpc) is 3.02. The number of carbonyl (C=O) groups excluding carboxylic acids is 3. The molecule has 0 aromatic rings. The van der Waals surface area contributed by atoms with E-state index in [2.05, 4.69) is 4.74 Å². The molecule has 4 fully saturated rings. The first-order valence-electron chi connectivity index (χ1n) is 8.57. The zero-order valence-corrected chi connectivity index (χ0v) is 16.1. The van der Waals surface area contributed by atoms with Crippen molar-refractivity contribution >= 4 is 28.0 Å². The second-order valence-corrected chi connectivity index (χ2v) is 9.11. The molecule has 2 saturated carbocycles. The molecule has 0 aromatic carbocycles. The van der Waals surface area contributed by atoms with Crippen molar-refractivity contribution in [2.45, 2.75) is 43.5 Å². The van der Waals surface area contributed by atoms with E-state index >= 15 is 0 Å². The summed E-state index contributed by atoms with van der Waals surface area (Å²) in [5.74, 6) is -14.8. The van der Waals surface area contributed by atoms with Gasteiger partial charge < -0.3 is 14.2 Å². The molecule has 4 rings (SSSR count). The van der Waals surface area contributed by atoms with Gasteiger partial charge in [-0.15, -0.1) is 0 Å². The summed E-state index contributed by atoms with van der Waals surface area (Å²) in [6, 6.07) is 0. The molecule has 5 unspecified atom stereocenters. The van der Waals surface area contributed by atoms with Gasteiger partial charge in [0.15, 0.2) is 0 Å². The van der Waals surface area contributed by atoms with Crippen molar-refractivity contribution in [1.82, 2.24) is 0 Å². The number of hydrogen-bond donors (Lipinski definition) is 1. The van der Waals surface area contributed by atoms with Crippen LogP contribution in [0.25, 0.3) is 0 Å². The molecule has 2 aliphatic heterocycles. The van der Waals surface area contributed by atoms with Crippen LogP contribution in [0, 0.1) is 23.7 Å². The van der Waals surface area contributed by atoms with E-state index in [1.54, 1.807) is 0 Å². The van der Waals surface area contributed by atoms with Crippen molar-refractivity contribution in [3.8, 4) is 0 Å². The molecular formula is C15H14F6O9S. The number of carbonyl (C=O) groups is 3. The first-order chi connectivity index (χ1) is 13.8. The molecule has 31 heavy (non-hydrogen) atoms. The summed E-state index contributed by atoms with van der Waals surface area (Å²) in [5.41, 5.74) is -5.59. The highest BCUT2D eigenvalue weighted by Gasteiger charge is 2.78. The Hall–Kier alpha value is -2.10. The van der Waals surface area contributed by atoms with Gasteiger partial charge in [0.25, 0.3) is 15.9 Å². The van der Waals surface area contributed by atoms with Gasteiger partial charge in [-0.25, -0.2) is 0 Å². The molecule has 16 heteroatoms. The maximum atomic E-state index is 13.4. The van der Waals surface area contributed by atoms with Crippen molar-refractivity contribution in [3.05, 3.63) is 0 Å². The van der Waals surface area contributed by atoms with Crippen LogP contribution in [0.5, 0.6) is 0 Å². The molecule has 2 saturated heterocycles. The molecule has 5 atom stereocenters. The second-order valence-electron chi connectivity index (χ2n) is 7.65. The van der Waals surface area contributed by atoms with Crippen LogP contribution in [0.3, 0.4) is 0 Å². The predicted octanol–water partition coefficient (Wildman–Crippen LogP) is 1.37. The SMILES string of the molecule is CC(=O)OC12CC3CC1C(C(=O)OC(CS(=O)(=O)O)(C(F)(F)F)C(F)(F)F)C3C(=O)O2. The summed E-state index contributed by atoms with van der Waals surface area (Å²) < 4.78 is 125. The number of hydrogen-bond acceptors (Lipinski definition) is 8. The number of fused-ring (bicyclic) bond motifs is 1. The Morgan fingerprint density at radius 1 is 1.19 bits per heavy atom. The quantitative estimate of drug-likeness (QED) is 0.349. The second kappa shape index (κ2) is 6.70. The van der Waals surface area contributed by atoms with Crippen molar-refractivity contribution < 1.29 is 67.9 Å². The molecule has 176 valence electrons. The maximum Gasteiger partial charge on any atom is 0.438 e. The van der Waals surface area contributed by atoms with Crippen LogP contribution in [-0.2, 0) is 38.7 Å². The van der Waals surface area contributed by atoms with Crippen molar-refractivity contribution in [3.63, 3.8) is 0 Å². The van der Waals surface area contributed by atoms with E-state index in [-0.39, 0.29) is 12.8 Å². The van der Waals surface area contributed by atoms with Crippen LogP contribution in [0.15, 0.2) is 0 Å². The van der Waals surface area contributed by atoms with E-state index in [4.69, 9.17) is 14.0 Å². The lowest BCUT2D eigenvalue weighted by molar-refractivity contribution is -0.364. The van der Waals surface area contributed by atoms with E-state index in [0.717, 1.165) is 6.92 Å². The molecular weight excluding hydrogens is 470 g/mol. The molecule has 0 radical (unpaired) electrons. The molecule has 0 aromatic heterocycles. The zero-order chi connectivity index (χ0) is 23.8. The van der Waals surface area contributed by atoms with Crippen LogP contribution in [-0.4, -0.2) is 60.4 Å². The Kier molecular flexibility index (Phi) is 5.09. The van der Waals surface area contributed by atoms with E-state index < -0.39 is 81.2 Å². The number of halogens is 6. The predicted molar refractivity (Wildman–Crippen MR) is 81.1 cm³/mol. The van der Waals surface area contributed by atoms with E-state index in [0.29, 0.717) is 0 Å². The lowest BCUT2D eigenvalue weighted by Crippen LogP contribution is -2.65. The molecule has 2 aliphatic carbocycles. The summed E-state index contributed by atoms with van der Waals surface area (Å²) in [6.45, 7) is 0.915. The fraction of sp³-hybridized carbons (Fsp3) is 0.800. The number of alkyl halides is 6. The minimum Gasteiger partial charge on any atom is -0.438 e. The summed E-state index contributed by atoms with van der Waals surface area (Å²) >= 11 is 0. The molecule has 9 nitrogen and oxygen atoms in total. The van der Waals surface area contributed by atoms with E-state index in [1.807, 2.05) is 0 Å². The summed E-state index contributed by atoms with van der Waals surface area (Å²) in [5, 5.41) is 0. The normalized spacial score (nSPS) is 32.7. The highest BCUT2D eigenvalue weighted by atomic mass is 32.2. The topological polar surface area (TPSA) is 133 Å². The van der Waals surface area contributed by atoms with Crippen LogP contribution in [0.1, 0.15) is 19.8 Å². The van der Waals surface area contributed by atoms with Crippen LogP contribution in [0.2, 0.25) is 0 Å². The van der Waals surface area contributed by atoms with Gasteiger partial charge in [0.2, 0.25) is 0 Å². The van der Waals surface area contributed by atoms with Crippen LogP contribution >= 0.6 is 0 Å². The first-order valence-corrected chi connectivity index (χ1v) is 10.2. The Bertz CT molecular complexity index is 908. The Morgan fingerprint density at radius 3 is 2.19 bits per heavy atom. The molecule has 4 aliphatic rings. The molecule has 4 bridgehead atoms. The highest BCUT2D eigenvalue weighted by molar-refractivity contribution is 7.85. The van der Waals surface area contributed by atoms with Gasteiger partial charge in [-0.3, -0.25) is 18.9 Å². The van der Waals surface area contributed by atoms with Gasteiger partial charge >= 0.3 is 35.9 Å². The summed E-state index contributed by atoms with van der Waals surface area (Å²) in [6.07, 6.45) is -13.2. The van der Waals surface area contributed by atoms with Gasteiger partial charge in [0, 0.05) is 13.3 Å². The average molecular weight is 484 g/mol. The Morgan fingerprint density at radius 2 is 1.74 bits per heavy atom. The number of esters is 3. The molecule has 1 N–H and O–H groups in total. The largest absolute Gasteiger partial charge is 0.438 e. The summed E-state index contributed by atoms with van der Waals surface area (Å²) in [7, 11) is -5.95. The Balaban J connectivity index is 2.02. The van der Waals surface area contributed by atoms with Crippen LogP contribution < -0.4 is 0 Å². The van der Waals surface area contributed by atoms with Gasteiger partial charge in [-0.2, -0.15) is 34.8 Å². The van der Waals surface area contributed by atoms with Crippen molar-refractivity contribution in [1.29, 1.82) is 0 Å². The minimum absolute atomic E-state index is 0.0905. The standard InChI is InChI=1S/C15H14F6O9S/c1-5(22)28-12-3-6-2-7(12)9(8(6)10(23)29-12)11(24)30-13(14(16,17)18,15(19,20)21)4-31(25,26)27/h6-9H,2-4H2,1H3,(H,25,26,27). The monoisotopic (exact) mass is 484 g/mol. The van der Waals surface area contributed by atoms with Gasteiger partial charge in [0.1, 0.15) is 5.75 Å². The number of ether oxygens (including phenoxy) is 3. The third kappa shape index (κ3) is 3.62. The maximum absolute atomic E-state index is 13.4. The fourth-order valence-electron chi connectivity index (χ4n) is 4.70. The zero-order valence-electron chi connectivity index (χ0n) is 15.3. The van der Waals surface area contributed by atoms with Gasteiger partial charge in [-0.05, 0) is 12.3 Å². The third-order valence-corrected chi connectivity index (χ3v) is 6.48. The minimum atomic E-state index is -6.50. The summed E-state index contributed by atoms with van der Waals surface area (Å²) in [4.78, 5) is 36.1. The van der Waals surface area contributed by atoms with E-state index in [9.17, 15) is 49.1 Å². The van der Waals surface area contributed by atoms with Crippen molar-refractivity contribution in [2.75, 3.05) is 5.75 Å². The Labute approximate surface area is 169 Å². The van der Waals surface area contributed by atoms with Crippen LogP contribution in [0.4, 0.5) is 26.3 Å². The highest BCUT2D eigenvalue weighted by Crippen LogP contribution is 2.64. The number of rotatable bonds is 5. The lowest BCUT2D eigenvalue weighted by atomic mass is 9.73. The van der Waals surface area contributed by atoms with E-state index in [1.165, 1.54) is 0 Å². The lowest BCUT2D eigenvalue weighted by Gasteiger charge is -2.47. The first kappa shape index (κ1) is 23.6.